The molecule has 2 heterocycles. The number of likely N-dealkylation sites (N-methyl/N-ethyl adjacent to an activating group) is 1. The van der Waals surface area contributed by atoms with Crippen molar-refractivity contribution in [2.75, 3.05) is 37.0 Å². The Labute approximate surface area is 195 Å². The van der Waals surface area contributed by atoms with Gasteiger partial charge in [0.15, 0.2) is 17.6 Å². The lowest BCUT2D eigenvalue weighted by Gasteiger charge is -2.18. The lowest BCUT2D eigenvalue weighted by atomic mass is 9.88. The summed E-state index contributed by atoms with van der Waals surface area (Å²) in [4.78, 5) is 39.7. The van der Waals surface area contributed by atoms with Crippen LogP contribution in [0.1, 0.15) is 41.1 Å². The molecule has 0 spiro atoms. The van der Waals surface area contributed by atoms with Crippen LogP contribution in [0.25, 0.3) is 0 Å². The monoisotopic (exact) mass is 480 g/mol. The third kappa shape index (κ3) is 5.95. The van der Waals surface area contributed by atoms with E-state index in [9.17, 15) is 14.4 Å². The molecule has 2 aromatic heterocycles. The molecule has 9 nitrogen and oxygen atoms in total. The second-order valence-electron chi connectivity index (χ2n) is 7.56. The standard InChI is InChI=1S/C21H25ClN4O5S/c1-4-30-21(29)19-13-6-5-12(2)9-14(13)32-20(19)23-17(27)11-31-18(28)10-26(3)16-8-7-15(22)24-25-16/h7-8,12H,4-6,9-11H2,1-3H3,(H,23,27). The van der Waals surface area contributed by atoms with E-state index in [0.29, 0.717) is 22.3 Å². The van der Waals surface area contributed by atoms with Gasteiger partial charge in [-0.15, -0.1) is 21.5 Å². The Morgan fingerprint density at radius 1 is 1.28 bits per heavy atom. The number of halogens is 1. The Bertz CT molecular complexity index is 995. The number of carbonyl (C=O) groups excluding carboxylic acids is 3. The molecule has 0 radical (unpaired) electrons. The van der Waals surface area contributed by atoms with Crippen molar-refractivity contribution in [3.63, 3.8) is 0 Å². The fraction of sp³-hybridized carbons (Fsp3) is 0.476. The normalized spacial score (nSPS) is 14.9. The van der Waals surface area contributed by atoms with Crippen molar-refractivity contribution < 1.29 is 23.9 Å². The van der Waals surface area contributed by atoms with Crippen molar-refractivity contribution in [2.45, 2.75) is 33.1 Å². The van der Waals surface area contributed by atoms with Crippen molar-refractivity contribution in [1.82, 2.24) is 10.2 Å². The topological polar surface area (TPSA) is 111 Å². The molecule has 1 N–H and O–H groups in total. The summed E-state index contributed by atoms with van der Waals surface area (Å²) in [5, 5.41) is 11.0. The highest BCUT2D eigenvalue weighted by atomic mass is 35.5. The van der Waals surface area contributed by atoms with E-state index >= 15 is 0 Å². The number of amides is 1. The molecule has 32 heavy (non-hydrogen) atoms. The smallest absolute Gasteiger partial charge is 0.341 e. The zero-order valence-electron chi connectivity index (χ0n) is 18.1. The third-order valence-corrected chi connectivity index (χ3v) is 6.36. The highest BCUT2D eigenvalue weighted by Crippen LogP contribution is 2.40. The summed E-state index contributed by atoms with van der Waals surface area (Å²) in [5.74, 6) is -0.623. The highest BCUT2D eigenvalue weighted by Gasteiger charge is 2.29. The number of fused-ring (bicyclic) bond motifs is 1. The van der Waals surface area contributed by atoms with E-state index in [4.69, 9.17) is 21.1 Å². The summed E-state index contributed by atoms with van der Waals surface area (Å²) in [6.45, 7) is 3.56. The predicted molar refractivity (Wildman–Crippen MR) is 121 cm³/mol. The van der Waals surface area contributed by atoms with Crippen molar-refractivity contribution in [3.8, 4) is 0 Å². The van der Waals surface area contributed by atoms with Gasteiger partial charge in [0.2, 0.25) is 0 Å². The van der Waals surface area contributed by atoms with E-state index < -0.39 is 24.5 Å². The fourth-order valence-corrected chi connectivity index (χ4v) is 4.92. The van der Waals surface area contributed by atoms with Crippen LogP contribution in [0.5, 0.6) is 0 Å². The average molecular weight is 481 g/mol. The number of nitrogens with zero attached hydrogens (tertiary/aromatic N) is 3. The van der Waals surface area contributed by atoms with Gasteiger partial charge in [0, 0.05) is 11.9 Å². The molecular formula is C21H25ClN4O5S. The lowest BCUT2D eigenvalue weighted by Crippen LogP contribution is -2.30. The van der Waals surface area contributed by atoms with Crippen molar-refractivity contribution in [2.24, 2.45) is 5.92 Å². The Kier molecular flexibility index (Phi) is 8.03. The Balaban J connectivity index is 1.60. The summed E-state index contributed by atoms with van der Waals surface area (Å²) in [6, 6.07) is 3.17. The predicted octanol–water partition coefficient (Wildman–Crippen LogP) is 3.11. The fourth-order valence-electron chi connectivity index (χ4n) is 3.40. The maximum absolute atomic E-state index is 12.5. The minimum Gasteiger partial charge on any atom is -0.462 e. The maximum Gasteiger partial charge on any atom is 0.341 e. The van der Waals surface area contributed by atoms with Crippen LogP contribution in [0, 0.1) is 5.92 Å². The first-order valence-corrected chi connectivity index (χ1v) is 11.4. The third-order valence-electron chi connectivity index (χ3n) is 4.98. The van der Waals surface area contributed by atoms with E-state index in [1.54, 1.807) is 26.1 Å². The molecule has 0 fully saturated rings. The molecule has 3 rings (SSSR count). The van der Waals surface area contributed by atoms with Gasteiger partial charge in [-0.3, -0.25) is 9.59 Å². The molecule has 1 unspecified atom stereocenters. The maximum atomic E-state index is 12.5. The zero-order valence-corrected chi connectivity index (χ0v) is 19.7. The van der Waals surface area contributed by atoms with Gasteiger partial charge in [-0.2, -0.15) is 0 Å². The summed E-state index contributed by atoms with van der Waals surface area (Å²) >= 11 is 7.09. The van der Waals surface area contributed by atoms with Crippen molar-refractivity contribution >= 4 is 51.6 Å². The second-order valence-corrected chi connectivity index (χ2v) is 9.05. The number of esters is 2. The molecule has 0 bridgehead atoms. The van der Waals surface area contributed by atoms with Crippen LogP contribution in [0.15, 0.2) is 12.1 Å². The number of anilines is 2. The van der Waals surface area contributed by atoms with Crippen LogP contribution in [-0.4, -0.2) is 54.8 Å². The van der Waals surface area contributed by atoms with Crippen LogP contribution in [0.3, 0.4) is 0 Å². The molecule has 0 aromatic carbocycles. The number of rotatable bonds is 8. The van der Waals surface area contributed by atoms with Crippen LogP contribution in [-0.2, 0) is 31.9 Å². The molecule has 1 aliphatic carbocycles. The summed E-state index contributed by atoms with van der Waals surface area (Å²) in [7, 11) is 1.64. The number of ether oxygens (including phenoxy) is 2. The summed E-state index contributed by atoms with van der Waals surface area (Å²) in [5.41, 5.74) is 1.36. The largest absolute Gasteiger partial charge is 0.462 e. The molecule has 0 saturated heterocycles. The number of thiophene rings is 1. The number of hydrogen-bond donors (Lipinski definition) is 1. The summed E-state index contributed by atoms with van der Waals surface area (Å²) in [6.07, 6.45) is 2.61. The van der Waals surface area contributed by atoms with E-state index in [2.05, 4.69) is 22.4 Å². The average Bonchev–Trinajstić information content (AvgIpc) is 3.09. The minimum atomic E-state index is -0.607. The van der Waals surface area contributed by atoms with E-state index in [1.165, 1.54) is 16.2 Å². The van der Waals surface area contributed by atoms with E-state index in [1.807, 2.05) is 0 Å². The van der Waals surface area contributed by atoms with Gasteiger partial charge in [0.1, 0.15) is 11.5 Å². The molecule has 0 aliphatic heterocycles. The van der Waals surface area contributed by atoms with Crippen LogP contribution < -0.4 is 10.2 Å². The lowest BCUT2D eigenvalue weighted by molar-refractivity contribution is -0.145. The number of aromatic nitrogens is 2. The first kappa shape index (κ1) is 23.9. The molecule has 2 aromatic rings. The first-order chi connectivity index (χ1) is 15.3. The van der Waals surface area contributed by atoms with Gasteiger partial charge in [-0.05, 0) is 49.8 Å². The van der Waals surface area contributed by atoms with Gasteiger partial charge >= 0.3 is 11.9 Å². The van der Waals surface area contributed by atoms with Gasteiger partial charge in [-0.1, -0.05) is 18.5 Å². The SMILES string of the molecule is CCOC(=O)c1c(NC(=O)COC(=O)CN(C)c2ccc(Cl)nn2)sc2c1CCC(C)C2. The molecule has 1 amide bonds. The van der Waals surface area contributed by atoms with E-state index in [-0.39, 0.29) is 18.3 Å². The Morgan fingerprint density at radius 2 is 2.06 bits per heavy atom. The Morgan fingerprint density at radius 3 is 2.75 bits per heavy atom. The minimum absolute atomic E-state index is 0.122. The van der Waals surface area contributed by atoms with Crippen LogP contribution >= 0.6 is 22.9 Å². The number of nitrogens with one attached hydrogen (secondary N) is 1. The molecule has 1 atom stereocenters. The van der Waals surface area contributed by atoms with Crippen molar-refractivity contribution in [3.05, 3.63) is 33.3 Å². The molecule has 11 heteroatoms. The van der Waals surface area contributed by atoms with Crippen molar-refractivity contribution in [1.29, 1.82) is 0 Å². The second kappa shape index (κ2) is 10.7. The Hall–Kier alpha value is -2.72. The summed E-state index contributed by atoms with van der Waals surface area (Å²) < 4.78 is 10.3. The van der Waals surface area contributed by atoms with Gasteiger partial charge < -0.3 is 19.7 Å². The molecular weight excluding hydrogens is 456 g/mol. The van der Waals surface area contributed by atoms with Crippen LogP contribution in [0.2, 0.25) is 5.15 Å². The van der Waals surface area contributed by atoms with Gasteiger partial charge in [0.25, 0.3) is 5.91 Å². The van der Waals surface area contributed by atoms with Crippen LogP contribution in [0.4, 0.5) is 10.8 Å². The first-order valence-electron chi connectivity index (χ1n) is 10.3. The molecule has 1 aliphatic rings. The molecule has 0 saturated carbocycles. The molecule has 172 valence electrons. The number of carbonyl (C=O) groups is 3. The van der Waals surface area contributed by atoms with Gasteiger partial charge in [-0.25, -0.2) is 4.79 Å². The van der Waals surface area contributed by atoms with Gasteiger partial charge in [0.05, 0.1) is 12.2 Å². The van der Waals surface area contributed by atoms with E-state index in [0.717, 1.165) is 29.7 Å². The number of hydrogen-bond acceptors (Lipinski definition) is 9. The highest BCUT2D eigenvalue weighted by molar-refractivity contribution is 7.17. The quantitative estimate of drug-likeness (QED) is 0.574. The zero-order chi connectivity index (χ0) is 23.3.